The van der Waals surface area contributed by atoms with Crippen LogP contribution in [0.1, 0.15) is 11.1 Å². The van der Waals surface area contributed by atoms with Gasteiger partial charge < -0.3 is 10.4 Å². The minimum absolute atomic E-state index is 0.0464. The minimum atomic E-state index is -0.692. The molecule has 0 radical (unpaired) electrons. The first kappa shape index (κ1) is 23.8. The Morgan fingerprint density at radius 3 is 2.39 bits per heavy atom. The number of aromatic nitrogens is 3. The van der Waals surface area contributed by atoms with E-state index in [9.17, 15) is 19.6 Å². The number of hydrogen-bond donors (Lipinski definition) is 5. The maximum atomic E-state index is 13.1. The van der Waals surface area contributed by atoms with Gasteiger partial charge in [-0.15, -0.1) is 0 Å². The number of nitro benzene ring substituents is 1. The Labute approximate surface area is 204 Å². The van der Waals surface area contributed by atoms with Gasteiger partial charge in [0, 0.05) is 18.2 Å². The Kier molecular flexibility index (Phi) is 7.41. The lowest BCUT2D eigenvalue weighted by atomic mass is 10.2. The fourth-order valence-electron chi connectivity index (χ4n) is 2.96. The number of hydrazone groups is 1. The molecule has 3 aromatic carbocycles. The fraction of sp³-hybridized carbons (Fsp3) is 0.0435. The van der Waals surface area contributed by atoms with Crippen LogP contribution in [0.4, 0.5) is 33.6 Å². The summed E-state index contributed by atoms with van der Waals surface area (Å²) >= 11 is 0. The van der Waals surface area contributed by atoms with Crippen molar-refractivity contribution < 1.29 is 14.4 Å². The Morgan fingerprint density at radius 2 is 1.64 bits per heavy atom. The lowest BCUT2D eigenvalue weighted by Gasteiger charge is -2.11. The Balaban J connectivity index is 1.52. The highest BCUT2D eigenvalue weighted by atomic mass is 19.1. The van der Waals surface area contributed by atoms with Gasteiger partial charge >= 0.3 is 5.69 Å². The zero-order chi connectivity index (χ0) is 25.3. The number of halogens is 1. The number of phenols is 1. The Hall–Kier alpha value is -5.33. The van der Waals surface area contributed by atoms with Gasteiger partial charge in [0.25, 0.3) is 0 Å². The van der Waals surface area contributed by atoms with E-state index in [0.717, 1.165) is 5.56 Å². The largest absolute Gasteiger partial charge is 0.502 e. The number of anilines is 4. The van der Waals surface area contributed by atoms with Gasteiger partial charge in [0.2, 0.25) is 23.6 Å². The second-order valence-corrected chi connectivity index (χ2v) is 7.24. The molecule has 0 aliphatic heterocycles. The number of hydrazine groups is 1. The molecule has 0 unspecified atom stereocenters. The van der Waals surface area contributed by atoms with Gasteiger partial charge in [-0.05, 0) is 35.9 Å². The predicted molar refractivity (Wildman–Crippen MR) is 133 cm³/mol. The highest BCUT2D eigenvalue weighted by Crippen LogP contribution is 2.28. The molecule has 182 valence electrons. The first-order valence-corrected chi connectivity index (χ1v) is 10.5. The van der Waals surface area contributed by atoms with E-state index in [-0.39, 0.29) is 29.2 Å². The van der Waals surface area contributed by atoms with E-state index in [0.29, 0.717) is 12.2 Å². The van der Waals surface area contributed by atoms with Gasteiger partial charge in [0.05, 0.1) is 16.8 Å². The van der Waals surface area contributed by atoms with E-state index in [1.54, 1.807) is 0 Å². The minimum Gasteiger partial charge on any atom is -0.502 e. The molecule has 1 heterocycles. The number of rotatable bonds is 10. The van der Waals surface area contributed by atoms with Crippen molar-refractivity contribution in [2.45, 2.75) is 6.54 Å². The van der Waals surface area contributed by atoms with Gasteiger partial charge in [-0.2, -0.15) is 20.1 Å². The first-order valence-electron chi connectivity index (χ1n) is 10.5. The van der Waals surface area contributed by atoms with Crippen molar-refractivity contribution in [2.75, 3.05) is 21.6 Å². The van der Waals surface area contributed by atoms with E-state index < -0.39 is 16.4 Å². The summed E-state index contributed by atoms with van der Waals surface area (Å²) in [6.45, 7) is 0.444. The number of nitrogens with one attached hydrogen (secondary N) is 4. The van der Waals surface area contributed by atoms with Crippen molar-refractivity contribution in [3.8, 4) is 5.75 Å². The summed E-state index contributed by atoms with van der Waals surface area (Å²) in [6.07, 6.45) is 1.20. The molecule has 0 bridgehead atoms. The molecule has 1 aromatic heterocycles. The molecule has 0 aliphatic rings. The van der Waals surface area contributed by atoms with Crippen LogP contribution in [-0.2, 0) is 6.54 Å². The van der Waals surface area contributed by atoms with Crippen molar-refractivity contribution in [3.63, 3.8) is 0 Å². The van der Waals surface area contributed by atoms with Crippen molar-refractivity contribution in [1.29, 1.82) is 0 Å². The summed E-state index contributed by atoms with van der Waals surface area (Å²) < 4.78 is 13.1. The average Bonchev–Trinajstić information content (AvgIpc) is 2.88. The van der Waals surface area contributed by atoms with Crippen molar-refractivity contribution in [2.24, 2.45) is 5.10 Å². The summed E-state index contributed by atoms with van der Waals surface area (Å²) in [5.41, 5.74) is 9.57. The van der Waals surface area contributed by atoms with E-state index in [4.69, 9.17) is 0 Å². The molecule has 36 heavy (non-hydrogen) atoms. The second-order valence-electron chi connectivity index (χ2n) is 7.24. The molecule has 0 amide bonds. The van der Waals surface area contributed by atoms with E-state index in [1.165, 1.54) is 48.7 Å². The van der Waals surface area contributed by atoms with Crippen LogP contribution in [0.2, 0.25) is 0 Å². The third-order valence-corrected chi connectivity index (χ3v) is 4.70. The number of hydrogen-bond acceptors (Lipinski definition) is 11. The molecule has 5 N–H and O–H groups in total. The number of para-hydroxylation sites is 1. The van der Waals surface area contributed by atoms with Crippen LogP contribution in [0.5, 0.6) is 5.75 Å². The predicted octanol–water partition coefficient (Wildman–Crippen LogP) is 4.12. The number of phenolic OH excluding ortho intramolecular Hbond substituents is 1. The summed E-state index contributed by atoms with van der Waals surface area (Å²) in [5.74, 6) is -0.480. The Morgan fingerprint density at radius 1 is 0.917 bits per heavy atom. The molecule has 13 heteroatoms. The molecular weight excluding hydrogens is 469 g/mol. The van der Waals surface area contributed by atoms with Crippen LogP contribution >= 0.6 is 0 Å². The fourth-order valence-corrected chi connectivity index (χ4v) is 2.96. The van der Waals surface area contributed by atoms with Crippen LogP contribution in [0, 0.1) is 15.9 Å². The third kappa shape index (κ3) is 6.38. The second kappa shape index (κ2) is 11.2. The smallest absolute Gasteiger partial charge is 0.311 e. The average molecular weight is 489 g/mol. The van der Waals surface area contributed by atoms with Gasteiger partial charge in [0.1, 0.15) is 5.82 Å². The topological polar surface area (TPSA) is 163 Å². The van der Waals surface area contributed by atoms with Crippen molar-refractivity contribution in [3.05, 3.63) is 99.9 Å². The number of benzene rings is 3. The van der Waals surface area contributed by atoms with Crippen LogP contribution in [0.15, 0.2) is 77.9 Å². The molecule has 0 atom stereocenters. The van der Waals surface area contributed by atoms with Crippen LogP contribution < -0.4 is 21.6 Å². The first-order chi connectivity index (χ1) is 17.5. The number of aromatic hydroxyl groups is 1. The van der Waals surface area contributed by atoms with Gasteiger partial charge in [-0.1, -0.05) is 36.4 Å². The highest BCUT2D eigenvalue weighted by Gasteiger charge is 2.15. The Bertz CT molecular complexity index is 1370. The van der Waals surface area contributed by atoms with Crippen LogP contribution in [-0.4, -0.2) is 31.2 Å². The van der Waals surface area contributed by atoms with Crippen molar-refractivity contribution in [1.82, 2.24) is 15.0 Å². The molecule has 0 saturated carbocycles. The molecule has 4 rings (SSSR count). The summed E-state index contributed by atoms with van der Waals surface area (Å²) in [4.78, 5) is 23.1. The summed E-state index contributed by atoms with van der Waals surface area (Å²) in [5, 5.41) is 28.1. The van der Waals surface area contributed by atoms with Crippen molar-refractivity contribution >= 4 is 35.4 Å². The highest BCUT2D eigenvalue weighted by molar-refractivity contribution is 5.85. The molecule has 0 saturated heterocycles. The maximum absolute atomic E-state index is 13.1. The molecule has 4 aromatic rings. The molecule has 0 spiro atoms. The molecule has 0 fully saturated rings. The normalized spacial score (nSPS) is 10.7. The molecule has 12 nitrogen and oxygen atoms in total. The van der Waals surface area contributed by atoms with Gasteiger partial charge in [0.15, 0.2) is 0 Å². The molecule has 0 aliphatic carbocycles. The lowest BCUT2D eigenvalue weighted by molar-refractivity contribution is -0.385. The van der Waals surface area contributed by atoms with Crippen LogP contribution in [0.3, 0.4) is 0 Å². The van der Waals surface area contributed by atoms with E-state index in [2.05, 4.69) is 41.6 Å². The molecular formula is C23H20FN9O3. The quantitative estimate of drug-likeness (QED) is 0.124. The lowest BCUT2D eigenvalue weighted by Crippen LogP contribution is -2.15. The summed E-state index contributed by atoms with van der Waals surface area (Å²) in [6, 6.07) is 19.4. The van der Waals surface area contributed by atoms with E-state index >= 15 is 0 Å². The van der Waals surface area contributed by atoms with Gasteiger partial charge in [-0.25, -0.2) is 9.82 Å². The zero-order valence-electron chi connectivity index (χ0n) is 18.6. The van der Waals surface area contributed by atoms with E-state index in [1.807, 2.05) is 30.3 Å². The maximum Gasteiger partial charge on any atom is 0.311 e. The zero-order valence-corrected chi connectivity index (χ0v) is 18.6. The SMILES string of the molecule is O=[N+]([O-])c1cccc(/C=N/Nc2nc(NCc3ccccc3)nc(NNc3ccc(F)cc3)n2)c1O. The number of nitro groups is 1. The third-order valence-electron chi connectivity index (χ3n) is 4.70. The van der Waals surface area contributed by atoms with Crippen LogP contribution in [0.25, 0.3) is 0 Å². The standard InChI is InChI=1S/C23H20FN9O3/c24-17-9-11-18(12-10-17)30-32-23-28-21(25-13-15-5-2-1-3-6-15)27-22(29-23)31-26-14-16-7-4-8-19(20(16)34)33(35)36/h1-12,14,30,34H,13H2,(H3,25,27,28,29,31,32)/b26-14+. The monoisotopic (exact) mass is 489 g/mol. The van der Waals surface area contributed by atoms with Gasteiger partial charge in [-0.3, -0.25) is 21.0 Å². The summed E-state index contributed by atoms with van der Waals surface area (Å²) in [7, 11) is 0. The number of nitrogens with zero attached hydrogens (tertiary/aromatic N) is 5.